The Hall–Kier alpha value is -1.13. The van der Waals surface area contributed by atoms with Gasteiger partial charge in [0.1, 0.15) is 6.10 Å². The molecule has 0 aromatic carbocycles. The van der Waals surface area contributed by atoms with Gasteiger partial charge in [0.25, 0.3) is 0 Å². The lowest BCUT2D eigenvalue weighted by atomic mass is 9.51. The second kappa shape index (κ2) is 7.01. The number of ether oxygens (including phenoxy) is 1. The fraction of sp³-hybridized carbons (Fsp3) is 0.750. The average molecular weight is 336 g/mol. The first-order valence-electron chi connectivity index (χ1n) is 8.97. The molecule has 0 aromatic heterocycles. The number of hydrogen-bond acceptors (Lipinski definition) is 4. The standard InChI is InChI=1S/C20H32O4/c1-7-12(4)19(23)24-18-16-9-14(21)8-13(5)20(16,6)10-15(11(2)3)17(18)22/h7,13-18,21-22H,2,8-10H2,1,3-6H3/b12-7-/t13-,14-,15-,16-,17-,18+,20+/m1/s1. The lowest BCUT2D eigenvalue weighted by Crippen LogP contribution is -2.59. The van der Waals surface area contributed by atoms with Crippen molar-refractivity contribution >= 4 is 5.97 Å². The number of aliphatic hydroxyl groups excluding tert-OH is 2. The first-order chi connectivity index (χ1) is 11.1. The largest absolute Gasteiger partial charge is 0.456 e. The van der Waals surface area contributed by atoms with Crippen molar-refractivity contribution in [3.63, 3.8) is 0 Å². The van der Waals surface area contributed by atoms with Crippen molar-refractivity contribution in [2.24, 2.45) is 23.2 Å². The molecular weight excluding hydrogens is 304 g/mol. The van der Waals surface area contributed by atoms with Crippen molar-refractivity contribution in [1.82, 2.24) is 0 Å². The minimum absolute atomic E-state index is 0.0459. The Morgan fingerprint density at radius 2 is 1.92 bits per heavy atom. The van der Waals surface area contributed by atoms with Crippen LogP contribution in [0.15, 0.2) is 23.8 Å². The van der Waals surface area contributed by atoms with E-state index in [4.69, 9.17) is 4.74 Å². The molecule has 7 atom stereocenters. The van der Waals surface area contributed by atoms with Crippen LogP contribution < -0.4 is 0 Å². The lowest BCUT2D eigenvalue weighted by Gasteiger charge is -2.57. The van der Waals surface area contributed by atoms with Gasteiger partial charge in [-0.1, -0.05) is 32.1 Å². The molecule has 0 bridgehead atoms. The zero-order valence-electron chi connectivity index (χ0n) is 15.6. The third-order valence-corrected chi connectivity index (χ3v) is 6.56. The van der Waals surface area contributed by atoms with Crippen LogP contribution in [-0.2, 0) is 9.53 Å². The molecule has 0 aromatic rings. The summed E-state index contributed by atoms with van der Waals surface area (Å²) in [5, 5.41) is 21.1. The van der Waals surface area contributed by atoms with E-state index in [0.717, 1.165) is 18.4 Å². The highest BCUT2D eigenvalue weighted by Crippen LogP contribution is 2.56. The molecule has 0 heterocycles. The van der Waals surface area contributed by atoms with E-state index in [2.05, 4.69) is 20.4 Å². The molecule has 4 heteroatoms. The van der Waals surface area contributed by atoms with Crippen molar-refractivity contribution in [2.45, 2.75) is 72.2 Å². The number of aliphatic hydroxyl groups is 2. The molecule has 0 amide bonds. The molecule has 0 aliphatic heterocycles. The fourth-order valence-corrected chi connectivity index (χ4v) is 4.58. The summed E-state index contributed by atoms with van der Waals surface area (Å²) in [5.41, 5.74) is 1.37. The molecular formula is C20H32O4. The zero-order valence-corrected chi connectivity index (χ0v) is 15.6. The summed E-state index contributed by atoms with van der Waals surface area (Å²) in [6.07, 6.45) is 2.06. The molecule has 2 aliphatic carbocycles. The van der Waals surface area contributed by atoms with E-state index in [1.54, 1.807) is 19.9 Å². The molecule has 2 aliphatic rings. The predicted octanol–water partition coefficient (Wildman–Crippen LogP) is 3.23. The summed E-state index contributed by atoms with van der Waals surface area (Å²) in [6, 6.07) is 0. The number of carbonyl (C=O) groups is 1. The number of esters is 1. The molecule has 24 heavy (non-hydrogen) atoms. The number of fused-ring (bicyclic) bond motifs is 1. The SMILES string of the molecule is C=C(C)[C@H]1C[C@@]2(C)[C@H](C)C[C@@H](O)C[C@@H]2[C@H](OC(=O)/C(C)=C\C)[C@@H]1O. The molecule has 4 nitrogen and oxygen atoms in total. The van der Waals surface area contributed by atoms with Crippen LogP contribution in [0.1, 0.15) is 53.9 Å². The summed E-state index contributed by atoms with van der Waals surface area (Å²) < 4.78 is 5.76. The molecule has 2 N–H and O–H groups in total. The van der Waals surface area contributed by atoms with E-state index in [1.807, 2.05) is 6.92 Å². The van der Waals surface area contributed by atoms with Gasteiger partial charge in [0.05, 0.1) is 12.2 Å². The van der Waals surface area contributed by atoms with Gasteiger partial charge in [-0.25, -0.2) is 4.79 Å². The number of rotatable bonds is 3. The van der Waals surface area contributed by atoms with E-state index in [1.165, 1.54) is 0 Å². The van der Waals surface area contributed by atoms with Gasteiger partial charge in [0.15, 0.2) is 0 Å². The fourth-order valence-electron chi connectivity index (χ4n) is 4.58. The smallest absolute Gasteiger partial charge is 0.333 e. The normalized spacial score (nSPS) is 43.0. The van der Waals surface area contributed by atoms with Gasteiger partial charge in [-0.15, -0.1) is 0 Å². The van der Waals surface area contributed by atoms with E-state index < -0.39 is 18.3 Å². The Balaban J connectivity index is 2.39. The van der Waals surface area contributed by atoms with Crippen molar-refractivity contribution in [1.29, 1.82) is 0 Å². The van der Waals surface area contributed by atoms with Gasteiger partial charge < -0.3 is 14.9 Å². The molecule has 2 fully saturated rings. The van der Waals surface area contributed by atoms with Crippen LogP contribution in [0, 0.1) is 23.2 Å². The molecule has 2 rings (SSSR count). The number of hydrogen-bond donors (Lipinski definition) is 2. The summed E-state index contributed by atoms with van der Waals surface area (Å²) >= 11 is 0. The third-order valence-electron chi connectivity index (χ3n) is 6.56. The zero-order chi connectivity index (χ0) is 18.2. The maximum atomic E-state index is 12.3. The topological polar surface area (TPSA) is 66.8 Å². The summed E-state index contributed by atoms with van der Waals surface area (Å²) in [4.78, 5) is 12.3. The average Bonchev–Trinajstić information content (AvgIpc) is 2.51. The van der Waals surface area contributed by atoms with Crippen LogP contribution in [0.3, 0.4) is 0 Å². The van der Waals surface area contributed by atoms with Gasteiger partial charge >= 0.3 is 5.97 Å². The van der Waals surface area contributed by atoms with Crippen molar-refractivity contribution in [2.75, 3.05) is 0 Å². The van der Waals surface area contributed by atoms with E-state index in [9.17, 15) is 15.0 Å². The van der Waals surface area contributed by atoms with Crippen LogP contribution in [0.2, 0.25) is 0 Å². The van der Waals surface area contributed by atoms with Gasteiger partial charge in [-0.05, 0) is 51.4 Å². The quantitative estimate of drug-likeness (QED) is 0.472. The summed E-state index contributed by atoms with van der Waals surface area (Å²) in [6.45, 7) is 13.8. The summed E-state index contributed by atoms with van der Waals surface area (Å²) in [7, 11) is 0. The highest BCUT2D eigenvalue weighted by atomic mass is 16.6. The third kappa shape index (κ3) is 3.31. The lowest BCUT2D eigenvalue weighted by molar-refractivity contribution is -0.193. The first kappa shape index (κ1) is 19.2. The second-order valence-corrected chi connectivity index (χ2v) is 8.13. The number of carbonyl (C=O) groups excluding carboxylic acids is 1. The monoisotopic (exact) mass is 336 g/mol. The van der Waals surface area contributed by atoms with E-state index in [-0.39, 0.29) is 23.2 Å². The second-order valence-electron chi connectivity index (χ2n) is 8.13. The Kier molecular flexibility index (Phi) is 5.61. The van der Waals surface area contributed by atoms with Gasteiger partial charge in [-0.3, -0.25) is 0 Å². The summed E-state index contributed by atoms with van der Waals surface area (Å²) in [5.74, 6) is -0.230. The van der Waals surface area contributed by atoms with Gasteiger partial charge in [0.2, 0.25) is 0 Å². The maximum Gasteiger partial charge on any atom is 0.333 e. The molecule has 136 valence electrons. The highest BCUT2D eigenvalue weighted by Gasteiger charge is 2.56. The molecule has 0 unspecified atom stereocenters. The van der Waals surface area contributed by atoms with Gasteiger partial charge in [-0.2, -0.15) is 0 Å². The van der Waals surface area contributed by atoms with Crippen molar-refractivity contribution < 1.29 is 19.7 Å². The van der Waals surface area contributed by atoms with E-state index in [0.29, 0.717) is 17.9 Å². The molecule has 2 saturated carbocycles. The van der Waals surface area contributed by atoms with Crippen molar-refractivity contribution in [3.8, 4) is 0 Å². The Bertz CT molecular complexity index is 538. The van der Waals surface area contributed by atoms with Crippen LogP contribution in [0.5, 0.6) is 0 Å². The molecule has 0 radical (unpaired) electrons. The van der Waals surface area contributed by atoms with Crippen LogP contribution >= 0.6 is 0 Å². The minimum atomic E-state index is -0.772. The van der Waals surface area contributed by atoms with Crippen LogP contribution in [0.4, 0.5) is 0 Å². The van der Waals surface area contributed by atoms with Crippen LogP contribution in [0.25, 0.3) is 0 Å². The minimum Gasteiger partial charge on any atom is -0.456 e. The Morgan fingerprint density at radius 1 is 1.29 bits per heavy atom. The molecule has 0 spiro atoms. The maximum absolute atomic E-state index is 12.3. The van der Waals surface area contributed by atoms with Gasteiger partial charge in [0, 0.05) is 17.4 Å². The predicted molar refractivity (Wildman–Crippen MR) is 94.2 cm³/mol. The Labute approximate surface area is 145 Å². The highest BCUT2D eigenvalue weighted by molar-refractivity contribution is 5.87. The first-order valence-corrected chi connectivity index (χ1v) is 8.97. The number of allylic oxidation sites excluding steroid dienone is 1. The van der Waals surface area contributed by atoms with E-state index >= 15 is 0 Å². The van der Waals surface area contributed by atoms with Crippen molar-refractivity contribution in [3.05, 3.63) is 23.8 Å². The Morgan fingerprint density at radius 3 is 2.46 bits per heavy atom. The van der Waals surface area contributed by atoms with Crippen LogP contribution in [-0.4, -0.2) is 34.5 Å². The molecule has 0 saturated heterocycles.